The molecule has 0 radical (unpaired) electrons. The van der Waals surface area contributed by atoms with Gasteiger partial charge in [0, 0.05) is 30.6 Å². The third-order valence-corrected chi connectivity index (χ3v) is 6.89. The number of amides is 1. The summed E-state index contributed by atoms with van der Waals surface area (Å²) in [5, 5.41) is 3.23. The zero-order valence-corrected chi connectivity index (χ0v) is 15.5. The minimum absolute atomic E-state index is 0.108. The molecule has 2 fully saturated rings. The van der Waals surface area contributed by atoms with E-state index < -0.39 is 0 Å². The SMILES string of the molecule is Cc1ccc(C(=O)NCC2CN(C(C)C)CC23CCCCC3)s1. The van der Waals surface area contributed by atoms with Gasteiger partial charge in [-0.05, 0) is 57.1 Å². The van der Waals surface area contributed by atoms with Crippen molar-refractivity contribution < 1.29 is 4.79 Å². The largest absolute Gasteiger partial charge is 0.351 e. The molecule has 1 aliphatic carbocycles. The van der Waals surface area contributed by atoms with Crippen molar-refractivity contribution in [2.24, 2.45) is 11.3 Å². The maximum Gasteiger partial charge on any atom is 0.261 e. The van der Waals surface area contributed by atoms with Crippen LogP contribution in [0.4, 0.5) is 0 Å². The molecule has 1 amide bonds. The molecule has 1 aromatic rings. The van der Waals surface area contributed by atoms with Gasteiger partial charge in [0.25, 0.3) is 5.91 Å². The molecule has 3 rings (SSSR count). The van der Waals surface area contributed by atoms with E-state index in [-0.39, 0.29) is 5.91 Å². The highest BCUT2D eigenvalue weighted by Gasteiger charge is 2.47. The van der Waals surface area contributed by atoms with Crippen molar-refractivity contribution in [2.45, 2.75) is 58.9 Å². The molecule has 1 aromatic heterocycles. The van der Waals surface area contributed by atoms with Gasteiger partial charge in [-0.1, -0.05) is 19.3 Å². The lowest BCUT2D eigenvalue weighted by Crippen LogP contribution is -2.39. The van der Waals surface area contributed by atoms with E-state index in [9.17, 15) is 4.79 Å². The second-order valence-corrected chi connectivity index (χ2v) is 9.05. The molecule has 2 aliphatic rings. The minimum Gasteiger partial charge on any atom is -0.351 e. The summed E-state index contributed by atoms with van der Waals surface area (Å²) in [7, 11) is 0. The standard InChI is InChI=1S/C19H30N2OS/c1-14(2)21-12-16(19(13-21)9-5-4-6-10-19)11-20-18(22)17-8-7-15(3)23-17/h7-8,14,16H,4-6,9-13H2,1-3H3,(H,20,22). The summed E-state index contributed by atoms with van der Waals surface area (Å²) in [6.45, 7) is 9.84. The average molecular weight is 335 g/mol. The van der Waals surface area contributed by atoms with Gasteiger partial charge < -0.3 is 10.2 Å². The van der Waals surface area contributed by atoms with Crippen molar-refractivity contribution in [1.29, 1.82) is 0 Å². The predicted octanol–water partition coefficient (Wildman–Crippen LogP) is 4.08. The zero-order chi connectivity index (χ0) is 16.4. The quantitative estimate of drug-likeness (QED) is 0.900. The number of hydrogen-bond donors (Lipinski definition) is 1. The van der Waals surface area contributed by atoms with Gasteiger partial charge in [-0.2, -0.15) is 0 Å². The van der Waals surface area contributed by atoms with Crippen molar-refractivity contribution in [2.75, 3.05) is 19.6 Å². The first-order chi connectivity index (χ1) is 11.0. The van der Waals surface area contributed by atoms with Gasteiger partial charge in [-0.15, -0.1) is 11.3 Å². The predicted molar refractivity (Wildman–Crippen MR) is 97.1 cm³/mol. The highest BCUT2D eigenvalue weighted by molar-refractivity contribution is 7.13. The molecule has 1 aliphatic heterocycles. The van der Waals surface area contributed by atoms with Gasteiger partial charge in [0.1, 0.15) is 0 Å². The third-order valence-electron chi connectivity index (χ3n) is 5.89. The van der Waals surface area contributed by atoms with Crippen molar-refractivity contribution in [1.82, 2.24) is 10.2 Å². The van der Waals surface area contributed by atoms with Crippen molar-refractivity contribution in [3.05, 3.63) is 21.9 Å². The van der Waals surface area contributed by atoms with Gasteiger partial charge >= 0.3 is 0 Å². The number of carbonyl (C=O) groups excluding carboxylic acids is 1. The summed E-state index contributed by atoms with van der Waals surface area (Å²) in [5.41, 5.74) is 0.446. The number of hydrogen-bond acceptors (Lipinski definition) is 3. The van der Waals surface area contributed by atoms with Crippen LogP contribution in [0.5, 0.6) is 0 Å². The topological polar surface area (TPSA) is 32.3 Å². The Morgan fingerprint density at radius 1 is 1.35 bits per heavy atom. The molecule has 1 saturated heterocycles. The van der Waals surface area contributed by atoms with Crippen LogP contribution in [-0.2, 0) is 0 Å². The molecule has 0 aromatic carbocycles. The molecule has 3 nitrogen and oxygen atoms in total. The van der Waals surface area contributed by atoms with Crippen LogP contribution in [0, 0.1) is 18.3 Å². The summed E-state index contributed by atoms with van der Waals surface area (Å²) >= 11 is 1.59. The Morgan fingerprint density at radius 3 is 2.70 bits per heavy atom. The van der Waals surface area contributed by atoms with E-state index in [0.717, 1.165) is 18.0 Å². The number of rotatable bonds is 4. The fraction of sp³-hybridized carbons (Fsp3) is 0.737. The van der Waals surface area contributed by atoms with Crippen LogP contribution in [0.2, 0.25) is 0 Å². The van der Waals surface area contributed by atoms with Gasteiger partial charge in [-0.25, -0.2) is 0 Å². The number of likely N-dealkylation sites (tertiary alicyclic amines) is 1. The maximum atomic E-state index is 12.4. The molecule has 1 spiro atoms. The zero-order valence-electron chi connectivity index (χ0n) is 14.7. The fourth-order valence-corrected chi connectivity index (χ4v) is 5.22. The van der Waals surface area contributed by atoms with Crippen LogP contribution in [0.3, 0.4) is 0 Å². The lowest BCUT2D eigenvalue weighted by molar-refractivity contribution is 0.0919. The molecular formula is C19H30N2OS. The molecule has 0 bridgehead atoms. The summed E-state index contributed by atoms with van der Waals surface area (Å²) in [4.78, 5) is 17.1. The van der Waals surface area contributed by atoms with Gasteiger partial charge in [0.2, 0.25) is 0 Å². The van der Waals surface area contributed by atoms with E-state index in [2.05, 4.69) is 31.0 Å². The first kappa shape index (κ1) is 17.0. The van der Waals surface area contributed by atoms with Crippen LogP contribution in [0.1, 0.15) is 60.5 Å². The molecule has 23 heavy (non-hydrogen) atoms. The normalized spacial score (nSPS) is 24.4. The first-order valence-electron chi connectivity index (χ1n) is 9.09. The lowest BCUT2D eigenvalue weighted by Gasteiger charge is -2.38. The Balaban J connectivity index is 1.65. The van der Waals surface area contributed by atoms with E-state index in [1.54, 1.807) is 11.3 Å². The number of aryl methyl sites for hydroxylation is 1. The van der Waals surface area contributed by atoms with Crippen LogP contribution >= 0.6 is 11.3 Å². The van der Waals surface area contributed by atoms with E-state index in [1.807, 2.05) is 12.1 Å². The molecule has 1 N–H and O–H groups in total. The van der Waals surface area contributed by atoms with Crippen LogP contribution in [0.15, 0.2) is 12.1 Å². The summed E-state index contributed by atoms with van der Waals surface area (Å²) < 4.78 is 0. The fourth-order valence-electron chi connectivity index (χ4n) is 4.43. The van der Waals surface area contributed by atoms with Crippen LogP contribution in [-0.4, -0.2) is 36.5 Å². The molecule has 1 atom stereocenters. The second kappa shape index (κ2) is 6.94. The van der Waals surface area contributed by atoms with Crippen LogP contribution < -0.4 is 5.32 Å². The van der Waals surface area contributed by atoms with Crippen molar-refractivity contribution >= 4 is 17.2 Å². The maximum absolute atomic E-state index is 12.4. The molecule has 1 saturated carbocycles. The van der Waals surface area contributed by atoms with Crippen molar-refractivity contribution in [3.8, 4) is 0 Å². The van der Waals surface area contributed by atoms with Crippen molar-refractivity contribution in [3.63, 3.8) is 0 Å². The van der Waals surface area contributed by atoms with E-state index in [4.69, 9.17) is 0 Å². The number of carbonyl (C=O) groups is 1. The lowest BCUT2D eigenvalue weighted by atomic mass is 9.67. The van der Waals surface area contributed by atoms with Gasteiger partial charge in [0.05, 0.1) is 4.88 Å². The summed E-state index contributed by atoms with van der Waals surface area (Å²) in [6.07, 6.45) is 6.79. The number of thiophene rings is 1. The molecule has 2 heterocycles. The Bertz CT molecular complexity index is 545. The minimum atomic E-state index is 0.108. The first-order valence-corrected chi connectivity index (χ1v) is 9.90. The number of nitrogens with zero attached hydrogens (tertiary/aromatic N) is 1. The van der Waals surface area contributed by atoms with Gasteiger partial charge in [-0.3, -0.25) is 4.79 Å². The number of nitrogens with one attached hydrogen (secondary N) is 1. The highest BCUT2D eigenvalue weighted by Crippen LogP contribution is 2.47. The second-order valence-electron chi connectivity index (χ2n) is 7.76. The highest BCUT2D eigenvalue weighted by atomic mass is 32.1. The Labute approximate surface area is 144 Å². The summed E-state index contributed by atoms with van der Waals surface area (Å²) in [5.74, 6) is 0.715. The summed E-state index contributed by atoms with van der Waals surface area (Å²) in [6, 6.07) is 4.58. The van der Waals surface area contributed by atoms with E-state index in [1.165, 1.54) is 43.5 Å². The monoisotopic (exact) mass is 334 g/mol. The third kappa shape index (κ3) is 3.63. The molecule has 1 unspecified atom stereocenters. The molecular weight excluding hydrogens is 304 g/mol. The Morgan fingerprint density at radius 2 is 2.09 bits per heavy atom. The van der Waals surface area contributed by atoms with E-state index >= 15 is 0 Å². The molecule has 128 valence electrons. The smallest absolute Gasteiger partial charge is 0.261 e. The molecule has 4 heteroatoms. The Hall–Kier alpha value is -0.870. The van der Waals surface area contributed by atoms with Gasteiger partial charge in [0.15, 0.2) is 0 Å². The average Bonchev–Trinajstić information content (AvgIpc) is 3.10. The Kier molecular flexibility index (Phi) is 5.12. The van der Waals surface area contributed by atoms with E-state index in [0.29, 0.717) is 17.4 Å². The van der Waals surface area contributed by atoms with Crippen LogP contribution in [0.25, 0.3) is 0 Å².